The number of likely N-dealkylation sites (tertiary alicyclic amines) is 1. The molecule has 7 heteroatoms. The largest absolute Gasteiger partial charge is 0.416 e. The minimum Gasteiger partial charge on any atom is -0.371 e. The van der Waals surface area contributed by atoms with Crippen LogP contribution in [-0.4, -0.2) is 43.0 Å². The van der Waals surface area contributed by atoms with Crippen molar-refractivity contribution in [2.45, 2.75) is 90.3 Å². The maximum absolute atomic E-state index is 14.0. The Morgan fingerprint density at radius 2 is 1.32 bits per heavy atom. The molecular formula is C31H42F3N3O. The second kappa shape index (κ2) is 10.2. The summed E-state index contributed by atoms with van der Waals surface area (Å²) in [5.74, 6) is -0.849. The molecule has 1 amide bonds. The fraction of sp³-hybridized carbons (Fsp3) is 0.581. The number of anilines is 1. The van der Waals surface area contributed by atoms with Crippen LogP contribution in [0.4, 0.5) is 18.9 Å². The number of hydrogen-bond donors (Lipinski definition) is 1. The second-order valence-corrected chi connectivity index (χ2v) is 13.0. The van der Waals surface area contributed by atoms with Gasteiger partial charge in [0.05, 0.1) is 5.56 Å². The first-order valence-corrected chi connectivity index (χ1v) is 13.8. The third-order valence-corrected chi connectivity index (χ3v) is 8.13. The molecule has 2 aromatic carbocycles. The number of benzene rings is 2. The predicted octanol–water partition coefficient (Wildman–Crippen LogP) is 7.13. The van der Waals surface area contributed by atoms with Crippen molar-refractivity contribution >= 4 is 11.6 Å². The first-order valence-electron chi connectivity index (χ1n) is 13.8. The number of carbonyl (C=O) groups excluding carboxylic acids is 1. The van der Waals surface area contributed by atoms with Crippen LogP contribution < -0.4 is 10.6 Å². The lowest BCUT2D eigenvalue weighted by molar-refractivity contribution is -0.137. The highest BCUT2D eigenvalue weighted by molar-refractivity contribution is 6.04. The number of primary amides is 1. The normalized spacial score (nSPS) is 18.3. The van der Waals surface area contributed by atoms with Crippen LogP contribution in [0.2, 0.25) is 0 Å². The number of piperidine rings is 1. The van der Waals surface area contributed by atoms with E-state index in [1.54, 1.807) is 0 Å². The molecule has 0 saturated carbocycles. The molecule has 0 aromatic heterocycles. The molecule has 0 aliphatic carbocycles. The van der Waals surface area contributed by atoms with Gasteiger partial charge in [0.1, 0.15) is 0 Å². The van der Waals surface area contributed by atoms with E-state index in [1.165, 1.54) is 18.9 Å². The van der Waals surface area contributed by atoms with Crippen molar-refractivity contribution in [2.24, 2.45) is 5.73 Å². The first-order chi connectivity index (χ1) is 17.6. The van der Waals surface area contributed by atoms with Crippen LogP contribution in [0.15, 0.2) is 30.3 Å². The molecule has 2 aliphatic rings. The summed E-state index contributed by atoms with van der Waals surface area (Å²) in [6.07, 6.45) is -0.400. The van der Waals surface area contributed by atoms with Crippen LogP contribution in [0.3, 0.4) is 0 Å². The highest BCUT2D eigenvalue weighted by atomic mass is 19.4. The van der Waals surface area contributed by atoms with Gasteiger partial charge >= 0.3 is 6.18 Å². The number of carbonyl (C=O) groups is 1. The molecule has 2 aromatic rings. The summed E-state index contributed by atoms with van der Waals surface area (Å²) in [7, 11) is 0. The van der Waals surface area contributed by atoms with Crippen molar-refractivity contribution in [1.29, 1.82) is 0 Å². The Balaban J connectivity index is 1.90. The molecule has 0 unspecified atom stereocenters. The van der Waals surface area contributed by atoms with Crippen LogP contribution in [0, 0.1) is 0 Å². The molecule has 208 valence electrons. The molecule has 4 nitrogen and oxygen atoms in total. The standard InChI is InChI=1S/C31H42F3N3O/c1-29(2,3)21-15-20(16-22(17-21)30(4,5)6)27-25(28(35)38)18-23(31(32,33)34)19-26(27)37-13-9-24(10-14-37)36-11-7-8-12-36/h15-19,24H,7-14H2,1-6H3,(H2,35,38). The highest BCUT2D eigenvalue weighted by Crippen LogP contribution is 2.43. The Labute approximate surface area is 225 Å². The molecule has 0 radical (unpaired) electrons. The summed E-state index contributed by atoms with van der Waals surface area (Å²) in [5, 5.41) is 0. The number of amides is 1. The Bertz CT molecular complexity index is 1140. The number of hydrogen-bond acceptors (Lipinski definition) is 3. The predicted molar refractivity (Wildman–Crippen MR) is 149 cm³/mol. The zero-order valence-corrected chi connectivity index (χ0v) is 23.6. The first kappa shape index (κ1) is 28.5. The van der Waals surface area contributed by atoms with E-state index >= 15 is 0 Å². The monoisotopic (exact) mass is 529 g/mol. The molecule has 0 atom stereocenters. The Morgan fingerprint density at radius 1 is 0.789 bits per heavy atom. The SMILES string of the molecule is CC(C)(C)c1cc(-c2c(C(N)=O)cc(C(F)(F)F)cc2N2CCC(N3CCCC3)CC2)cc(C(C)(C)C)c1. The zero-order valence-electron chi connectivity index (χ0n) is 23.6. The van der Waals surface area contributed by atoms with E-state index in [2.05, 4.69) is 52.5 Å². The summed E-state index contributed by atoms with van der Waals surface area (Å²) in [4.78, 5) is 17.3. The molecule has 2 aliphatic heterocycles. The molecule has 2 heterocycles. The quantitative estimate of drug-likeness (QED) is 0.458. The lowest BCUT2D eigenvalue weighted by Gasteiger charge is -2.39. The highest BCUT2D eigenvalue weighted by Gasteiger charge is 2.36. The van der Waals surface area contributed by atoms with Crippen molar-refractivity contribution in [2.75, 3.05) is 31.1 Å². The van der Waals surface area contributed by atoms with Crippen LogP contribution >= 0.6 is 0 Å². The van der Waals surface area contributed by atoms with Gasteiger partial charge in [0.15, 0.2) is 0 Å². The Hall–Kier alpha value is -2.54. The van der Waals surface area contributed by atoms with Crippen LogP contribution in [0.25, 0.3) is 11.1 Å². The molecular weight excluding hydrogens is 487 g/mol. The summed E-state index contributed by atoms with van der Waals surface area (Å²) in [5.41, 5.74) is 8.29. The lowest BCUT2D eigenvalue weighted by atomic mass is 9.78. The van der Waals surface area contributed by atoms with E-state index in [0.717, 1.165) is 48.7 Å². The second-order valence-electron chi connectivity index (χ2n) is 13.0. The Morgan fingerprint density at radius 3 is 1.76 bits per heavy atom. The molecule has 4 rings (SSSR count). The zero-order chi connectivity index (χ0) is 28.0. The van der Waals surface area contributed by atoms with E-state index in [9.17, 15) is 18.0 Å². The van der Waals surface area contributed by atoms with Crippen LogP contribution in [0.5, 0.6) is 0 Å². The van der Waals surface area contributed by atoms with E-state index in [-0.39, 0.29) is 16.4 Å². The summed E-state index contributed by atoms with van der Waals surface area (Å²) >= 11 is 0. The van der Waals surface area contributed by atoms with Gasteiger partial charge in [-0.3, -0.25) is 4.79 Å². The van der Waals surface area contributed by atoms with Crippen LogP contribution in [0.1, 0.15) is 94.3 Å². The van der Waals surface area contributed by atoms with Gasteiger partial charge in [-0.05, 0) is 78.4 Å². The summed E-state index contributed by atoms with van der Waals surface area (Å²) < 4.78 is 42.1. The van der Waals surface area contributed by atoms with Gasteiger partial charge in [0.25, 0.3) is 0 Å². The van der Waals surface area contributed by atoms with Crippen molar-refractivity contribution in [1.82, 2.24) is 4.90 Å². The maximum Gasteiger partial charge on any atom is 0.416 e. The fourth-order valence-electron chi connectivity index (χ4n) is 5.75. The molecule has 0 spiro atoms. The number of alkyl halides is 3. The smallest absolute Gasteiger partial charge is 0.371 e. The average molecular weight is 530 g/mol. The average Bonchev–Trinajstić information content (AvgIpc) is 3.36. The number of nitrogens with zero attached hydrogens (tertiary/aromatic N) is 2. The molecule has 2 saturated heterocycles. The molecule has 38 heavy (non-hydrogen) atoms. The third kappa shape index (κ3) is 6.03. The lowest BCUT2D eigenvalue weighted by Crippen LogP contribution is -2.44. The molecule has 2 N–H and O–H groups in total. The van der Waals surface area contributed by atoms with Crippen molar-refractivity contribution < 1.29 is 18.0 Å². The van der Waals surface area contributed by atoms with E-state index in [1.807, 2.05) is 17.0 Å². The van der Waals surface area contributed by atoms with Crippen molar-refractivity contribution in [3.63, 3.8) is 0 Å². The van der Waals surface area contributed by atoms with Gasteiger partial charge in [0, 0.05) is 35.9 Å². The van der Waals surface area contributed by atoms with E-state index in [0.29, 0.717) is 30.4 Å². The number of rotatable bonds is 4. The van der Waals surface area contributed by atoms with Gasteiger partial charge in [-0.1, -0.05) is 59.7 Å². The summed E-state index contributed by atoms with van der Waals surface area (Å²) in [6, 6.07) is 8.81. The summed E-state index contributed by atoms with van der Waals surface area (Å²) in [6.45, 7) is 16.2. The topological polar surface area (TPSA) is 49.6 Å². The van der Waals surface area contributed by atoms with Crippen molar-refractivity contribution in [3.05, 3.63) is 52.6 Å². The van der Waals surface area contributed by atoms with E-state index < -0.39 is 17.6 Å². The minimum atomic E-state index is -4.59. The third-order valence-electron chi connectivity index (χ3n) is 8.13. The van der Waals surface area contributed by atoms with Gasteiger partial charge in [0.2, 0.25) is 5.91 Å². The van der Waals surface area contributed by atoms with Crippen molar-refractivity contribution in [3.8, 4) is 11.1 Å². The number of halogens is 3. The maximum atomic E-state index is 14.0. The van der Waals surface area contributed by atoms with Gasteiger partial charge in [-0.25, -0.2) is 0 Å². The van der Waals surface area contributed by atoms with Gasteiger partial charge < -0.3 is 15.5 Å². The Kier molecular flexibility index (Phi) is 7.65. The van der Waals surface area contributed by atoms with Gasteiger partial charge in [-0.2, -0.15) is 13.2 Å². The van der Waals surface area contributed by atoms with Crippen LogP contribution in [-0.2, 0) is 17.0 Å². The van der Waals surface area contributed by atoms with E-state index in [4.69, 9.17) is 5.73 Å². The molecule has 2 fully saturated rings. The molecule has 0 bridgehead atoms. The van der Waals surface area contributed by atoms with Gasteiger partial charge in [-0.15, -0.1) is 0 Å². The minimum absolute atomic E-state index is 0.0811. The number of nitrogens with two attached hydrogens (primary N) is 1. The fourth-order valence-corrected chi connectivity index (χ4v) is 5.75.